The van der Waals surface area contributed by atoms with Gasteiger partial charge in [0.15, 0.2) is 11.4 Å². The van der Waals surface area contributed by atoms with Crippen LogP contribution in [0, 0.1) is 0 Å². The molecule has 1 aliphatic heterocycles. The van der Waals surface area contributed by atoms with Gasteiger partial charge in [0.1, 0.15) is 36.3 Å². The highest BCUT2D eigenvalue weighted by atomic mass is 16.6. The molecule has 0 amide bonds. The van der Waals surface area contributed by atoms with Crippen LogP contribution >= 0.6 is 0 Å². The quantitative estimate of drug-likeness (QED) is 0.612. The van der Waals surface area contributed by atoms with Crippen molar-refractivity contribution in [3.63, 3.8) is 0 Å². The summed E-state index contributed by atoms with van der Waals surface area (Å²) in [6.45, 7) is 2.24. The Morgan fingerprint density at radius 3 is 2.76 bits per heavy atom. The van der Waals surface area contributed by atoms with E-state index in [2.05, 4.69) is 15.3 Å². The van der Waals surface area contributed by atoms with Crippen LogP contribution in [0.1, 0.15) is 18.6 Å². The highest BCUT2D eigenvalue weighted by molar-refractivity contribution is 5.86. The molecule has 4 N–H and O–H groups in total. The lowest BCUT2D eigenvalue weighted by Crippen LogP contribution is -2.32. The standard InChI is InChI=1S/C13H17N3O5/c1-2-14-13-12-8(15-5-16-13)6(4-20-12)11-10(19)9(18)7(3-17)21-11/h4-5,7,9-11,17-19H,2-3H2,1H3,(H,14,15,16)/t7-,9-,10-,11+/m1/s1. The zero-order chi connectivity index (χ0) is 15.0. The van der Waals surface area contributed by atoms with Crippen molar-refractivity contribution in [3.8, 4) is 0 Å². The van der Waals surface area contributed by atoms with E-state index in [1.54, 1.807) is 0 Å². The van der Waals surface area contributed by atoms with E-state index in [1.165, 1.54) is 12.6 Å². The van der Waals surface area contributed by atoms with Crippen LogP contribution in [0.5, 0.6) is 0 Å². The molecule has 2 aromatic rings. The van der Waals surface area contributed by atoms with Gasteiger partial charge in [-0.2, -0.15) is 0 Å². The van der Waals surface area contributed by atoms with Crippen LogP contribution in [0.25, 0.3) is 11.1 Å². The molecule has 3 heterocycles. The molecule has 0 aromatic carbocycles. The van der Waals surface area contributed by atoms with Crippen molar-refractivity contribution in [2.75, 3.05) is 18.5 Å². The van der Waals surface area contributed by atoms with Crippen molar-refractivity contribution in [3.05, 3.63) is 18.2 Å². The Balaban J connectivity index is 2.00. The summed E-state index contributed by atoms with van der Waals surface area (Å²) in [5, 5.41) is 32.1. The van der Waals surface area contributed by atoms with E-state index in [9.17, 15) is 10.2 Å². The van der Waals surface area contributed by atoms with E-state index in [1.807, 2.05) is 6.92 Å². The molecule has 21 heavy (non-hydrogen) atoms. The van der Waals surface area contributed by atoms with Crippen molar-refractivity contribution < 1.29 is 24.5 Å². The summed E-state index contributed by atoms with van der Waals surface area (Å²) < 4.78 is 11.0. The maximum absolute atomic E-state index is 10.1. The summed E-state index contributed by atoms with van der Waals surface area (Å²) in [6.07, 6.45) is -1.12. The molecule has 2 aromatic heterocycles. The minimum Gasteiger partial charge on any atom is -0.458 e. The molecule has 1 saturated heterocycles. The average Bonchev–Trinajstić information content (AvgIpc) is 3.03. The largest absolute Gasteiger partial charge is 0.458 e. The first-order valence-corrected chi connectivity index (χ1v) is 6.75. The number of furan rings is 1. The van der Waals surface area contributed by atoms with E-state index in [-0.39, 0.29) is 6.61 Å². The summed E-state index contributed by atoms with van der Waals surface area (Å²) >= 11 is 0. The molecular formula is C13H17N3O5. The van der Waals surface area contributed by atoms with E-state index in [0.717, 1.165) is 0 Å². The minimum atomic E-state index is -1.15. The predicted octanol–water partition coefficient (Wildman–Crippen LogP) is -0.191. The zero-order valence-corrected chi connectivity index (χ0v) is 11.4. The third-order valence-electron chi connectivity index (χ3n) is 3.57. The number of nitrogens with one attached hydrogen (secondary N) is 1. The van der Waals surface area contributed by atoms with Gasteiger partial charge in [0, 0.05) is 12.1 Å². The molecule has 1 fully saturated rings. The Morgan fingerprint density at radius 1 is 1.29 bits per heavy atom. The second-order valence-electron chi connectivity index (χ2n) is 4.88. The van der Waals surface area contributed by atoms with Gasteiger partial charge in [0.25, 0.3) is 0 Å². The van der Waals surface area contributed by atoms with Gasteiger partial charge in [-0.1, -0.05) is 0 Å². The first-order valence-electron chi connectivity index (χ1n) is 6.75. The Labute approximate surface area is 120 Å². The van der Waals surface area contributed by atoms with E-state index in [4.69, 9.17) is 14.3 Å². The molecule has 3 rings (SSSR count). The lowest BCUT2D eigenvalue weighted by molar-refractivity contribution is -0.0226. The maximum Gasteiger partial charge on any atom is 0.194 e. The number of aliphatic hydroxyl groups is 3. The normalized spacial score (nSPS) is 29.1. The van der Waals surface area contributed by atoms with Crippen LogP contribution in [0.15, 0.2) is 17.0 Å². The van der Waals surface area contributed by atoms with Crippen LogP contribution in [0.2, 0.25) is 0 Å². The summed E-state index contributed by atoms with van der Waals surface area (Å²) in [5.41, 5.74) is 1.50. The molecular weight excluding hydrogens is 278 g/mol. The lowest BCUT2D eigenvalue weighted by atomic mass is 10.0. The second kappa shape index (κ2) is 5.57. The maximum atomic E-state index is 10.1. The molecule has 0 saturated carbocycles. The third kappa shape index (κ3) is 2.26. The number of aliphatic hydroxyl groups excluding tert-OH is 3. The number of anilines is 1. The van der Waals surface area contributed by atoms with Gasteiger partial charge in [-0.25, -0.2) is 9.97 Å². The molecule has 0 bridgehead atoms. The number of fused-ring (bicyclic) bond motifs is 1. The summed E-state index contributed by atoms with van der Waals surface area (Å²) in [7, 11) is 0. The van der Waals surface area contributed by atoms with Gasteiger partial charge < -0.3 is 29.8 Å². The first kappa shape index (κ1) is 14.2. The van der Waals surface area contributed by atoms with Crippen molar-refractivity contribution in [1.82, 2.24) is 9.97 Å². The topological polar surface area (TPSA) is 121 Å². The Hall–Kier alpha value is -1.74. The first-order chi connectivity index (χ1) is 10.2. The van der Waals surface area contributed by atoms with Gasteiger partial charge in [0.2, 0.25) is 0 Å². The fourth-order valence-corrected chi connectivity index (χ4v) is 2.52. The lowest BCUT2D eigenvalue weighted by Gasteiger charge is -2.12. The minimum absolute atomic E-state index is 0.373. The highest BCUT2D eigenvalue weighted by Gasteiger charge is 2.44. The Bertz CT molecular complexity index is 631. The van der Waals surface area contributed by atoms with Crippen molar-refractivity contribution >= 4 is 16.9 Å². The molecule has 0 radical (unpaired) electrons. The monoisotopic (exact) mass is 295 g/mol. The average molecular weight is 295 g/mol. The molecule has 114 valence electrons. The molecule has 1 aliphatic rings. The summed E-state index contributed by atoms with van der Waals surface area (Å²) in [6, 6.07) is 0. The van der Waals surface area contributed by atoms with Gasteiger partial charge in [-0.15, -0.1) is 0 Å². The van der Waals surface area contributed by atoms with Crippen LogP contribution < -0.4 is 5.32 Å². The Kier molecular flexibility index (Phi) is 3.77. The molecule has 8 nitrogen and oxygen atoms in total. The van der Waals surface area contributed by atoms with Crippen LogP contribution in [0.3, 0.4) is 0 Å². The zero-order valence-electron chi connectivity index (χ0n) is 11.4. The van der Waals surface area contributed by atoms with E-state index < -0.39 is 24.4 Å². The van der Waals surface area contributed by atoms with Crippen LogP contribution in [-0.2, 0) is 4.74 Å². The van der Waals surface area contributed by atoms with Gasteiger partial charge in [-0.3, -0.25) is 0 Å². The van der Waals surface area contributed by atoms with Crippen molar-refractivity contribution in [2.45, 2.75) is 31.3 Å². The number of nitrogens with zero attached hydrogens (tertiary/aromatic N) is 2. The smallest absolute Gasteiger partial charge is 0.194 e. The predicted molar refractivity (Wildman–Crippen MR) is 72.7 cm³/mol. The molecule has 8 heteroatoms. The Morgan fingerprint density at radius 2 is 2.10 bits per heavy atom. The fourth-order valence-electron chi connectivity index (χ4n) is 2.52. The molecule has 0 aliphatic carbocycles. The summed E-state index contributed by atoms with van der Waals surface area (Å²) in [4.78, 5) is 8.25. The van der Waals surface area contributed by atoms with Gasteiger partial charge in [0.05, 0.1) is 12.9 Å². The number of hydrogen-bond acceptors (Lipinski definition) is 8. The van der Waals surface area contributed by atoms with E-state index >= 15 is 0 Å². The van der Waals surface area contributed by atoms with Crippen LogP contribution in [-0.4, -0.2) is 56.8 Å². The SMILES string of the molecule is CCNc1ncnc2c([C@@H]3O[C@H](CO)[C@@H](O)[C@H]3O)coc12. The highest BCUT2D eigenvalue weighted by Crippen LogP contribution is 2.38. The van der Waals surface area contributed by atoms with E-state index in [0.29, 0.717) is 29.0 Å². The number of hydrogen-bond donors (Lipinski definition) is 4. The molecule has 4 atom stereocenters. The second-order valence-corrected chi connectivity index (χ2v) is 4.88. The number of rotatable bonds is 4. The van der Waals surface area contributed by atoms with Gasteiger partial charge in [-0.05, 0) is 6.92 Å². The fraction of sp³-hybridized carbons (Fsp3) is 0.538. The third-order valence-corrected chi connectivity index (χ3v) is 3.57. The van der Waals surface area contributed by atoms with Gasteiger partial charge >= 0.3 is 0 Å². The molecule has 0 unspecified atom stereocenters. The summed E-state index contributed by atoms with van der Waals surface area (Å²) in [5.74, 6) is 0.556. The number of ether oxygens (including phenoxy) is 1. The molecule has 0 spiro atoms. The van der Waals surface area contributed by atoms with Crippen molar-refractivity contribution in [2.24, 2.45) is 0 Å². The van der Waals surface area contributed by atoms with Crippen molar-refractivity contribution in [1.29, 1.82) is 0 Å². The van der Waals surface area contributed by atoms with Crippen LogP contribution in [0.4, 0.5) is 5.82 Å². The number of aromatic nitrogens is 2.